The highest BCUT2D eigenvalue weighted by Crippen LogP contribution is 2.38. The predicted molar refractivity (Wildman–Crippen MR) is 86.7 cm³/mol. The standard InChI is InChI=1S/C15H28N2O3S/c1-11-4-7-15(8-5-11,13(18)19)10-17-14(20)16-9-6-12(2)21-3/h11-12H,4-10H2,1-3H3,(H,18,19)(H2,16,17,20). The van der Waals surface area contributed by atoms with Gasteiger partial charge in [0.2, 0.25) is 0 Å². The molecule has 1 rings (SSSR count). The second-order valence-electron chi connectivity index (χ2n) is 6.21. The molecule has 122 valence electrons. The van der Waals surface area contributed by atoms with Gasteiger partial charge in [-0.05, 0) is 44.3 Å². The molecule has 1 atom stereocenters. The van der Waals surface area contributed by atoms with Crippen LogP contribution >= 0.6 is 11.8 Å². The lowest BCUT2D eigenvalue weighted by molar-refractivity contribution is -0.151. The number of aliphatic carboxylic acids is 1. The molecule has 1 fully saturated rings. The number of carboxylic acid groups (broad SMARTS) is 1. The Kier molecular flexibility index (Phi) is 7.35. The Labute approximate surface area is 131 Å². The fraction of sp³-hybridized carbons (Fsp3) is 0.867. The van der Waals surface area contributed by atoms with E-state index in [1.54, 1.807) is 11.8 Å². The van der Waals surface area contributed by atoms with Gasteiger partial charge in [0, 0.05) is 18.3 Å². The summed E-state index contributed by atoms with van der Waals surface area (Å²) < 4.78 is 0. The zero-order valence-electron chi connectivity index (χ0n) is 13.3. The van der Waals surface area contributed by atoms with Gasteiger partial charge in [-0.15, -0.1) is 0 Å². The average Bonchev–Trinajstić information content (AvgIpc) is 2.46. The van der Waals surface area contributed by atoms with Crippen LogP contribution in [0.3, 0.4) is 0 Å². The van der Waals surface area contributed by atoms with Crippen molar-refractivity contribution in [3.63, 3.8) is 0 Å². The number of hydrogen-bond acceptors (Lipinski definition) is 3. The fourth-order valence-electron chi connectivity index (χ4n) is 2.60. The summed E-state index contributed by atoms with van der Waals surface area (Å²) >= 11 is 1.77. The highest BCUT2D eigenvalue weighted by Gasteiger charge is 2.41. The third-order valence-corrected chi connectivity index (χ3v) is 5.55. The van der Waals surface area contributed by atoms with E-state index >= 15 is 0 Å². The number of carbonyl (C=O) groups excluding carboxylic acids is 1. The molecule has 0 saturated heterocycles. The number of nitrogens with one attached hydrogen (secondary N) is 2. The summed E-state index contributed by atoms with van der Waals surface area (Å²) in [4.78, 5) is 23.3. The van der Waals surface area contributed by atoms with Gasteiger partial charge in [-0.3, -0.25) is 4.79 Å². The molecular formula is C15H28N2O3S. The summed E-state index contributed by atoms with van der Waals surface area (Å²) in [6.07, 6.45) is 6.09. The van der Waals surface area contributed by atoms with E-state index in [1.807, 2.05) is 6.26 Å². The Morgan fingerprint density at radius 3 is 2.48 bits per heavy atom. The molecular weight excluding hydrogens is 288 g/mol. The summed E-state index contributed by atoms with van der Waals surface area (Å²) in [6.45, 7) is 5.11. The van der Waals surface area contributed by atoms with Crippen molar-refractivity contribution in [3.8, 4) is 0 Å². The lowest BCUT2D eigenvalue weighted by Crippen LogP contribution is -2.48. The lowest BCUT2D eigenvalue weighted by atomic mass is 9.71. The van der Waals surface area contributed by atoms with Gasteiger partial charge in [-0.2, -0.15) is 11.8 Å². The Bertz CT molecular complexity index is 355. The van der Waals surface area contributed by atoms with Crippen molar-refractivity contribution in [2.24, 2.45) is 11.3 Å². The van der Waals surface area contributed by atoms with Gasteiger partial charge in [0.15, 0.2) is 0 Å². The van der Waals surface area contributed by atoms with Crippen molar-refractivity contribution in [1.82, 2.24) is 10.6 Å². The van der Waals surface area contributed by atoms with Crippen molar-refractivity contribution < 1.29 is 14.7 Å². The minimum absolute atomic E-state index is 0.221. The quantitative estimate of drug-likeness (QED) is 0.675. The number of urea groups is 1. The maximum absolute atomic E-state index is 11.8. The summed E-state index contributed by atoms with van der Waals surface area (Å²) in [5, 5.41) is 15.5. The van der Waals surface area contributed by atoms with E-state index in [0.717, 1.165) is 19.3 Å². The van der Waals surface area contributed by atoms with E-state index < -0.39 is 11.4 Å². The Morgan fingerprint density at radius 1 is 1.33 bits per heavy atom. The topological polar surface area (TPSA) is 78.4 Å². The minimum Gasteiger partial charge on any atom is -0.481 e. The second-order valence-corrected chi connectivity index (χ2v) is 7.49. The summed E-state index contributed by atoms with van der Waals surface area (Å²) in [5.74, 6) is -0.204. The van der Waals surface area contributed by atoms with Crippen LogP contribution < -0.4 is 10.6 Å². The second kappa shape index (κ2) is 8.51. The third-order valence-electron chi connectivity index (χ3n) is 4.51. The van der Waals surface area contributed by atoms with E-state index in [4.69, 9.17) is 0 Å². The van der Waals surface area contributed by atoms with E-state index in [9.17, 15) is 14.7 Å². The number of rotatable bonds is 7. The first-order valence-electron chi connectivity index (χ1n) is 7.67. The molecule has 0 bridgehead atoms. The molecule has 6 heteroatoms. The minimum atomic E-state index is -0.786. The van der Waals surface area contributed by atoms with E-state index in [0.29, 0.717) is 30.6 Å². The SMILES string of the molecule is CSC(C)CCNC(=O)NCC1(C(=O)O)CCC(C)CC1. The molecule has 2 amide bonds. The molecule has 1 unspecified atom stereocenters. The molecule has 0 aromatic heterocycles. The maximum atomic E-state index is 11.8. The van der Waals surface area contributed by atoms with Crippen LogP contribution in [-0.2, 0) is 4.79 Å². The van der Waals surface area contributed by atoms with Crippen molar-refractivity contribution in [1.29, 1.82) is 0 Å². The van der Waals surface area contributed by atoms with Crippen LogP contribution in [0.2, 0.25) is 0 Å². The number of amides is 2. The van der Waals surface area contributed by atoms with Crippen LogP contribution in [0.5, 0.6) is 0 Å². The van der Waals surface area contributed by atoms with Crippen LogP contribution in [0.4, 0.5) is 4.79 Å². The van der Waals surface area contributed by atoms with Gasteiger partial charge in [0.1, 0.15) is 0 Å². The van der Waals surface area contributed by atoms with Crippen molar-refractivity contribution in [3.05, 3.63) is 0 Å². The molecule has 1 aliphatic carbocycles. The van der Waals surface area contributed by atoms with E-state index in [1.165, 1.54) is 0 Å². The average molecular weight is 316 g/mol. The van der Waals surface area contributed by atoms with Crippen molar-refractivity contribution in [2.75, 3.05) is 19.3 Å². The molecule has 0 spiro atoms. The van der Waals surface area contributed by atoms with Crippen LogP contribution in [0.1, 0.15) is 46.0 Å². The molecule has 1 aliphatic rings. The van der Waals surface area contributed by atoms with E-state index in [-0.39, 0.29) is 12.6 Å². The molecule has 0 radical (unpaired) electrons. The van der Waals surface area contributed by atoms with Gasteiger partial charge in [0.05, 0.1) is 5.41 Å². The highest BCUT2D eigenvalue weighted by molar-refractivity contribution is 7.99. The molecule has 0 heterocycles. The predicted octanol–water partition coefficient (Wildman–Crippen LogP) is 2.71. The van der Waals surface area contributed by atoms with Gasteiger partial charge < -0.3 is 15.7 Å². The Hall–Kier alpha value is -0.910. The van der Waals surface area contributed by atoms with Crippen LogP contribution in [0.25, 0.3) is 0 Å². The van der Waals surface area contributed by atoms with Gasteiger partial charge in [0.25, 0.3) is 0 Å². The number of thioether (sulfide) groups is 1. The van der Waals surface area contributed by atoms with Crippen molar-refractivity contribution in [2.45, 2.75) is 51.2 Å². The normalized spacial score (nSPS) is 26.9. The zero-order chi connectivity index (χ0) is 15.9. The summed E-state index contributed by atoms with van der Waals surface area (Å²) in [5.41, 5.74) is -0.781. The van der Waals surface area contributed by atoms with Crippen LogP contribution in [0, 0.1) is 11.3 Å². The Morgan fingerprint density at radius 2 is 1.95 bits per heavy atom. The van der Waals surface area contributed by atoms with Gasteiger partial charge >= 0.3 is 12.0 Å². The van der Waals surface area contributed by atoms with Crippen LogP contribution in [0.15, 0.2) is 0 Å². The van der Waals surface area contributed by atoms with E-state index in [2.05, 4.69) is 24.5 Å². The zero-order valence-corrected chi connectivity index (χ0v) is 14.1. The molecule has 0 aliphatic heterocycles. The molecule has 5 nitrogen and oxygen atoms in total. The molecule has 3 N–H and O–H groups in total. The smallest absolute Gasteiger partial charge is 0.314 e. The number of hydrogen-bond donors (Lipinski definition) is 3. The first-order chi connectivity index (χ1) is 9.89. The molecule has 21 heavy (non-hydrogen) atoms. The van der Waals surface area contributed by atoms with Crippen LogP contribution in [-0.4, -0.2) is 41.7 Å². The monoisotopic (exact) mass is 316 g/mol. The summed E-state index contributed by atoms with van der Waals surface area (Å²) in [7, 11) is 0. The Balaban J connectivity index is 2.36. The summed E-state index contributed by atoms with van der Waals surface area (Å²) in [6, 6.07) is -0.262. The van der Waals surface area contributed by atoms with Gasteiger partial charge in [-0.1, -0.05) is 13.8 Å². The fourth-order valence-corrected chi connectivity index (χ4v) is 2.95. The third kappa shape index (κ3) is 5.77. The molecule has 0 aromatic rings. The maximum Gasteiger partial charge on any atom is 0.314 e. The first kappa shape index (κ1) is 18.1. The highest BCUT2D eigenvalue weighted by atomic mass is 32.2. The largest absolute Gasteiger partial charge is 0.481 e. The number of carboxylic acids is 1. The first-order valence-corrected chi connectivity index (χ1v) is 8.96. The molecule has 1 saturated carbocycles. The lowest BCUT2D eigenvalue weighted by Gasteiger charge is -2.35. The molecule has 0 aromatic carbocycles. The van der Waals surface area contributed by atoms with Crippen molar-refractivity contribution >= 4 is 23.8 Å². The number of carbonyl (C=O) groups is 2. The van der Waals surface area contributed by atoms with Gasteiger partial charge in [-0.25, -0.2) is 4.79 Å².